The van der Waals surface area contributed by atoms with E-state index in [1.807, 2.05) is 6.07 Å². The third-order valence-corrected chi connectivity index (χ3v) is 5.54. The van der Waals surface area contributed by atoms with Crippen LogP contribution in [0.2, 0.25) is 0 Å². The lowest BCUT2D eigenvalue weighted by Crippen LogP contribution is -2.54. The molecular formula is C22H37N2O4-. The van der Waals surface area contributed by atoms with Gasteiger partial charge in [-0.15, -0.1) is 0 Å². The lowest BCUT2D eigenvalue weighted by molar-refractivity contribution is -0.897. The molecule has 0 unspecified atom stereocenters. The average molecular weight is 394 g/mol. The molecule has 0 N–H and O–H groups in total. The van der Waals surface area contributed by atoms with Crippen molar-refractivity contribution in [2.75, 3.05) is 39.9 Å². The SMILES string of the molecule is CCCCCCCCOc1c(C[N+]2([O-])CCN([O-])CC2)cc(CC)cc1OC. The van der Waals surface area contributed by atoms with E-state index in [1.54, 1.807) is 7.11 Å². The number of unbranched alkanes of at least 4 members (excludes halogenated alkanes) is 5. The summed E-state index contributed by atoms with van der Waals surface area (Å²) in [6.45, 7) is 6.49. The second-order valence-corrected chi connectivity index (χ2v) is 7.85. The summed E-state index contributed by atoms with van der Waals surface area (Å²) in [5.41, 5.74) is 2.03. The topological polar surface area (TPSA) is 67.8 Å². The van der Waals surface area contributed by atoms with Crippen molar-refractivity contribution in [3.8, 4) is 11.5 Å². The summed E-state index contributed by atoms with van der Waals surface area (Å²) in [4.78, 5) is 0. The van der Waals surface area contributed by atoms with Crippen molar-refractivity contribution >= 4 is 0 Å². The van der Waals surface area contributed by atoms with Crippen LogP contribution in [0.25, 0.3) is 0 Å². The Bertz CT molecular complexity index is 586. The fourth-order valence-electron chi connectivity index (χ4n) is 3.70. The minimum absolute atomic E-state index is 0.294. The molecule has 28 heavy (non-hydrogen) atoms. The van der Waals surface area contributed by atoms with Crippen molar-refractivity contribution in [1.82, 2.24) is 5.06 Å². The molecule has 0 saturated carbocycles. The summed E-state index contributed by atoms with van der Waals surface area (Å²) < 4.78 is 11.3. The van der Waals surface area contributed by atoms with Gasteiger partial charge in [0, 0.05) is 13.1 Å². The summed E-state index contributed by atoms with van der Waals surface area (Å²) in [6.07, 6.45) is 8.09. The molecule has 1 aliphatic heterocycles. The van der Waals surface area contributed by atoms with Gasteiger partial charge in [-0.1, -0.05) is 46.0 Å². The summed E-state index contributed by atoms with van der Waals surface area (Å²) in [5, 5.41) is 25.6. The predicted molar refractivity (Wildman–Crippen MR) is 113 cm³/mol. The number of rotatable bonds is 12. The van der Waals surface area contributed by atoms with E-state index in [0.717, 1.165) is 35.5 Å². The van der Waals surface area contributed by atoms with E-state index in [9.17, 15) is 10.4 Å². The van der Waals surface area contributed by atoms with E-state index >= 15 is 0 Å². The number of ether oxygens (including phenoxy) is 2. The molecule has 0 radical (unpaired) electrons. The number of hydroxylamine groups is 5. The number of piperazine rings is 1. The van der Waals surface area contributed by atoms with Gasteiger partial charge < -0.3 is 29.6 Å². The van der Waals surface area contributed by atoms with Crippen LogP contribution in [0.5, 0.6) is 11.5 Å². The molecule has 0 bridgehead atoms. The van der Waals surface area contributed by atoms with Gasteiger partial charge >= 0.3 is 0 Å². The molecule has 160 valence electrons. The van der Waals surface area contributed by atoms with E-state index in [2.05, 4.69) is 19.9 Å². The second-order valence-electron chi connectivity index (χ2n) is 7.85. The van der Waals surface area contributed by atoms with Gasteiger partial charge in [-0.3, -0.25) is 0 Å². The van der Waals surface area contributed by atoms with Crippen LogP contribution in [0.3, 0.4) is 0 Å². The number of hydrogen-bond acceptors (Lipinski definition) is 5. The lowest BCUT2D eigenvalue weighted by atomic mass is 10.1. The van der Waals surface area contributed by atoms with Crippen LogP contribution in [-0.2, 0) is 13.0 Å². The molecule has 1 heterocycles. The largest absolute Gasteiger partial charge is 0.785 e. The van der Waals surface area contributed by atoms with Crippen LogP contribution in [-0.4, -0.2) is 49.6 Å². The van der Waals surface area contributed by atoms with E-state index in [-0.39, 0.29) is 4.65 Å². The fourth-order valence-corrected chi connectivity index (χ4v) is 3.70. The molecule has 1 saturated heterocycles. The first kappa shape index (κ1) is 22.9. The van der Waals surface area contributed by atoms with Gasteiger partial charge in [0.25, 0.3) is 0 Å². The van der Waals surface area contributed by atoms with Gasteiger partial charge in [-0.2, -0.15) is 0 Å². The summed E-state index contributed by atoms with van der Waals surface area (Å²) >= 11 is 0. The molecule has 0 aliphatic carbocycles. The number of nitrogens with zero attached hydrogens (tertiary/aromatic N) is 2. The van der Waals surface area contributed by atoms with Crippen LogP contribution in [0.4, 0.5) is 0 Å². The molecule has 0 aromatic heterocycles. The summed E-state index contributed by atoms with van der Waals surface area (Å²) in [6, 6.07) is 4.07. The van der Waals surface area contributed by atoms with Gasteiger partial charge in [0.15, 0.2) is 11.5 Å². The number of methoxy groups -OCH3 is 1. The molecule has 0 spiro atoms. The third-order valence-electron chi connectivity index (χ3n) is 5.54. The Labute approximate surface area is 170 Å². The maximum Gasteiger partial charge on any atom is 0.169 e. The Morgan fingerprint density at radius 3 is 2.36 bits per heavy atom. The van der Waals surface area contributed by atoms with E-state index in [1.165, 1.54) is 25.7 Å². The van der Waals surface area contributed by atoms with Crippen molar-refractivity contribution in [1.29, 1.82) is 0 Å². The molecule has 2 rings (SSSR count). The number of quaternary nitrogens is 1. The van der Waals surface area contributed by atoms with Crippen molar-refractivity contribution in [2.45, 2.75) is 65.3 Å². The Morgan fingerprint density at radius 1 is 1.04 bits per heavy atom. The number of hydrogen-bond donors (Lipinski definition) is 0. The highest BCUT2D eigenvalue weighted by Gasteiger charge is 2.25. The Hall–Kier alpha value is -1.34. The van der Waals surface area contributed by atoms with Crippen molar-refractivity contribution in [3.05, 3.63) is 33.7 Å². The number of aryl methyl sites for hydroxylation is 1. The summed E-state index contributed by atoms with van der Waals surface area (Å²) in [5.74, 6) is 1.40. The van der Waals surface area contributed by atoms with Crippen molar-refractivity contribution < 1.29 is 14.1 Å². The molecule has 1 aromatic carbocycles. The number of benzene rings is 1. The first-order valence-corrected chi connectivity index (χ1v) is 10.8. The van der Waals surface area contributed by atoms with Crippen LogP contribution in [0.15, 0.2) is 12.1 Å². The van der Waals surface area contributed by atoms with Crippen LogP contribution >= 0.6 is 0 Å². The maximum absolute atomic E-state index is 13.1. The fraction of sp³-hybridized carbons (Fsp3) is 0.727. The minimum Gasteiger partial charge on any atom is -0.785 e. The zero-order valence-electron chi connectivity index (χ0n) is 17.9. The molecule has 0 amide bonds. The average Bonchev–Trinajstić information content (AvgIpc) is 2.70. The second kappa shape index (κ2) is 11.6. The van der Waals surface area contributed by atoms with Crippen molar-refractivity contribution in [2.24, 2.45) is 0 Å². The first-order chi connectivity index (χ1) is 13.5. The standard InChI is InChI=1S/C22H37N2O4/c1-4-6-7-8-9-10-15-28-22-20(16-19(5-2)17-21(22)27-3)18-24(26)13-11-23(25)12-14-24/h16-17H,4-15,18H2,1-3H3/q-1. The van der Waals surface area contributed by atoms with Gasteiger partial charge in [0.1, 0.15) is 6.54 Å². The maximum atomic E-state index is 13.1. The molecular weight excluding hydrogens is 356 g/mol. The van der Waals surface area contributed by atoms with Gasteiger partial charge in [0.2, 0.25) is 0 Å². The van der Waals surface area contributed by atoms with E-state index in [4.69, 9.17) is 9.47 Å². The quantitative estimate of drug-likeness (QED) is 0.294. The van der Waals surface area contributed by atoms with Crippen LogP contribution in [0.1, 0.15) is 63.5 Å². The highest BCUT2D eigenvalue weighted by molar-refractivity contribution is 5.49. The molecule has 1 aromatic rings. The third kappa shape index (κ3) is 6.92. The molecule has 6 nitrogen and oxygen atoms in total. The monoisotopic (exact) mass is 393 g/mol. The highest BCUT2D eigenvalue weighted by atomic mass is 16.6. The molecule has 1 fully saturated rings. The Kier molecular flexibility index (Phi) is 9.51. The van der Waals surface area contributed by atoms with Gasteiger partial charge in [0.05, 0.1) is 32.4 Å². The van der Waals surface area contributed by atoms with Gasteiger partial charge in [-0.05, 0) is 30.5 Å². The lowest BCUT2D eigenvalue weighted by Gasteiger charge is -2.50. The minimum atomic E-state index is -0.373. The molecule has 1 aliphatic rings. The highest BCUT2D eigenvalue weighted by Crippen LogP contribution is 2.35. The van der Waals surface area contributed by atoms with Crippen LogP contribution < -0.4 is 9.47 Å². The first-order valence-electron chi connectivity index (χ1n) is 10.8. The zero-order valence-corrected chi connectivity index (χ0v) is 17.9. The van der Waals surface area contributed by atoms with Crippen LogP contribution in [0, 0.1) is 10.4 Å². The van der Waals surface area contributed by atoms with E-state index < -0.39 is 0 Å². The summed E-state index contributed by atoms with van der Waals surface area (Å²) in [7, 11) is 1.65. The zero-order chi connectivity index (χ0) is 20.4. The van der Waals surface area contributed by atoms with Gasteiger partial charge in [-0.25, -0.2) is 0 Å². The normalized spacial score (nSPS) is 16.9. The predicted octanol–water partition coefficient (Wildman–Crippen LogP) is 4.62. The Morgan fingerprint density at radius 2 is 1.71 bits per heavy atom. The molecule has 6 heteroatoms. The Balaban J connectivity index is 2.06. The van der Waals surface area contributed by atoms with Crippen molar-refractivity contribution in [3.63, 3.8) is 0 Å². The van der Waals surface area contributed by atoms with E-state index in [0.29, 0.717) is 50.8 Å². The smallest absolute Gasteiger partial charge is 0.169 e. The molecule has 0 atom stereocenters.